The predicted octanol–water partition coefficient (Wildman–Crippen LogP) is 2.85. The van der Waals surface area contributed by atoms with Gasteiger partial charge in [-0.3, -0.25) is 0 Å². The second kappa shape index (κ2) is 6.27. The second-order valence-corrected chi connectivity index (χ2v) is 6.46. The third-order valence-electron chi connectivity index (χ3n) is 3.56. The fourth-order valence-electron chi connectivity index (χ4n) is 2.39. The Labute approximate surface area is 153 Å². The molecule has 0 fully saturated rings. The number of anilines is 2. The number of nitrogens with zero attached hydrogens (tertiary/aromatic N) is 3. The summed E-state index contributed by atoms with van der Waals surface area (Å²) in [5.74, 6) is -2.32. The number of nitrogens with one attached hydrogen (secondary N) is 1. The first-order valence-corrected chi connectivity index (χ1v) is 8.01. The van der Waals surface area contributed by atoms with Gasteiger partial charge in [0, 0.05) is 9.26 Å². The van der Waals surface area contributed by atoms with Gasteiger partial charge in [0.25, 0.3) is 0 Å². The Hall–Kier alpha value is -2.76. The molecule has 1 aromatic heterocycles. The molecule has 3 aromatic rings. The number of hydrogen-bond donors (Lipinski definition) is 3. The Morgan fingerprint density at radius 2 is 2.08 bits per heavy atom. The van der Waals surface area contributed by atoms with Crippen molar-refractivity contribution < 1.29 is 19.1 Å². The maximum Gasteiger partial charge on any atom is 0.341 e. The van der Waals surface area contributed by atoms with Crippen LogP contribution in [0, 0.1) is 16.3 Å². The standard InChI is InChI=1S/C15H11FIN5O3/c1-6-4-7(17)2-3-9(6)19-12-8(14(23)24)5-10-13(11(12)16)22(15(18)25)21-20-10/h2-5,19H,1H3,(H2,18,25)(H,23,24). The van der Waals surface area contributed by atoms with E-state index in [9.17, 15) is 14.7 Å². The molecule has 1 amide bonds. The molecule has 8 nitrogen and oxygen atoms in total. The lowest BCUT2D eigenvalue weighted by Crippen LogP contribution is -2.21. The van der Waals surface area contributed by atoms with Gasteiger partial charge in [-0.25, -0.2) is 14.0 Å². The number of aryl methyl sites for hydroxylation is 1. The lowest BCUT2D eigenvalue weighted by atomic mass is 10.1. The monoisotopic (exact) mass is 455 g/mol. The van der Waals surface area contributed by atoms with Crippen LogP contribution in [0.5, 0.6) is 0 Å². The number of nitrogens with two attached hydrogens (primary N) is 1. The number of carbonyl (C=O) groups excluding carboxylic acids is 1. The number of carboxylic acids is 1. The van der Waals surface area contributed by atoms with Crippen molar-refractivity contribution in [3.8, 4) is 0 Å². The van der Waals surface area contributed by atoms with Crippen molar-refractivity contribution in [2.75, 3.05) is 5.32 Å². The molecule has 0 bridgehead atoms. The molecule has 25 heavy (non-hydrogen) atoms. The summed E-state index contributed by atoms with van der Waals surface area (Å²) in [6, 6.07) is 5.46. The fourth-order valence-corrected chi connectivity index (χ4v) is 3.04. The summed E-state index contributed by atoms with van der Waals surface area (Å²) in [6.45, 7) is 1.80. The lowest BCUT2D eigenvalue weighted by Gasteiger charge is -2.14. The molecule has 0 aliphatic rings. The second-order valence-electron chi connectivity index (χ2n) is 5.21. The first-order chi connectivity index (χ1) is 11.8. The van der Waals surface area contributed by atoms with Crippen LogP contribution in [-0.4, -0.2) is 32.1 Å². The summed E-state index contributed by atoms with van der Waals surface area (Å²) in [4.78, 5) is 22.9. The van der Waals surface area contributed by atoms with E-state index in [0.29, 0.717) is 10.4 Å². The molecule has 0 radical (unpaired) electrons. The SMILES string of the molecule is Cc1cc(I)ccc1Nc1c(C(=O)O)cc2nnn(C(N)=O)c2c1F. The zero-order valence-electron chi connectivity index (χ0n) is 12.7. The van der Waals surface area contributed by atoms with E-state index in [0.717, 1.165) is 15.2 Å². The molecule has 128 valence electrons. The van der Waals surface area contributed by atoms with Gasteiger partial charge >= 0.3 is 12.0 Å². The van der Waals surface area contributed by atoms with Gasteiger partial charge in [0.1, 0.15) is 11.0 Å². The summed E-state index contributed by atoms with van der Waals surface area (Å²) >= 11 is 2.13. The first kappa shape index (κ1) is 17.1. The Morgan fingerprint density at radius 3 is 2.68 bits per heavy atom. The number of rotatable bonds is 3. The number of aromatic nitrogens is 3. The summed E-state index contributed by atoms with van der Waals surface area (Å²) in [5.41, 5.74) is 5.47. The topological polar surface area (TPSA) is 123 Å². The van der Waals surface area contributed by atoms with Crippen LogP contribution in [0.3, 0.4) is 0 Å². The number of fused-ring (bicyclic) bond motifs is 1. The predicted molar refractivity (Wildman–Crippen MR) is 96.6 cm³/mol. The maximum absolute atomic E-state index is 15.0. The highest BCUT2D eigenvalue weighted by atomic mass is 127. The van der Waals surface area contributed by atoms with Crippen molar-refractivity contribution in [2.45, 2.75) is 6.92 Å². The van der Waals surface area contributed by atoms with Gasteiger partial charge in [0.2, 0.25) is 0 Å². The molecule has 0 saturated heterocycles. The average Bonchev–Trinajstić information content (AvgIpc) is 2.96. The van der Waals surface area contributed by atoms with Crippen LogP contribution in [0.2, 0.25) is 0 Å². The van der Waals surface area contributed by atoms with Gasteiger partial charge in [-0.2, -0.15) is 4.68 Å². The Bertz CT molecular complexity index is 1030. The molecule has 0 saturated carbocycles. The quantitative estimate of drug-likeness (QED) is 0.522. The molecule has 0 atom stereocenters. The van der Waals surface area contributed by atoms with Crippen molar-refractivity contribution in [1.29, 1.82) is 0 Å². The van der Waals surface area contributed by atoms with Crippen LogP contribution in [0.25, 0.3) is 11.0 Å². The number of primary amides is 1. The third kappa shape index (κ3) is 2.99. The number of carboxylic acid groups (broad SMARTS) is 1. The van der Waals surface area contributed by atoms with E-state index in [1.54, 1.807) is 19.1 Å². The molecule has 0 aliphatic heterocycles. The molecular formula is C15H11FIN5O3. The summed E-state index contributed by atoms with van der Waals surface area (Å²) in [7, 11) is 0. The Morgan fingerprint density at radius 1 is 1.36 bits per heavy atom. The van der Waals surface area contributed by atoms with Gasteiger partial charge in [0.15, 0.2) is 5.82 Å². The minimum atomic E-state index is -1.35. The van der Waals surface area contributed by atoms with Crippen LogP contribution in [-0.2, 0) is 0 Å². The smallest absolute Gasteiger partial charge is 0.341 e. The highest BCUT2D eigenvalue weighted by Crippen LogP contribution is 2.32. The molecular weight excluding hydrogens is 444 g/mol. The highest BCUT2D eigenvalue weighted by molar-refractivity contribution is 14.1. The van der Waals surface area contributed by atoms with Crippen molar-refractivity contribution >= 4 is 57.0 Å². The van der Waals surface area contributed by atoms with Crippen LogP contribution >= 0.6 is 22.6 Å². The van der Waals surface area contributed by atoms with Gasteiger partial charge in [-0.1, -0.05) is 5.21 Å². The van der Waals surface area contributed by atoms with Crippen molar-refractivity contribution in [2.24, 2.45) is 5.73 Å². The third-order valence-corrected chi connectivity index (χ3v) is 4.23. The first-order valence-electron chi connectivity index (χ1n) is 6.93. The normalized spacial score (nSPS) is 10.8. The van der Waals surface area contributed by atoms with E-state index >= 15 is 4.39 Å². The molecule has 0 unspecified atom stereocenters. The van der Waals surface area contributed by atoms with Crippen molar-refractivity contribution in [3.05, 3.63) is 44.8 Å². The number of halogens is 2. The molecule has 1 heterocycles. The van der Waals surface area contributed by atoms with E-state index in [1.807, 2.05) is 6.07 Å². The van der Waals surface area contributed by atoms with E-state index in [2.05, 4.69) is 38.2 Å². The number of benzene rings is 2. The summed E-state index contributed by atoms with van der Waals surface area (Å²) in [5, 5.41) is 19.3. The molecule has 3 rings (SSSR count). The summed E-state index contributed by atoms with van der Waals surface area (Å²) < 4.78 is 16.6. The van der Waals surface area contributed by atoms with E-state index in [1.165, 1.54) is 0 Å². The van der Waals surface area contributed by atoms with Gasteiger partial charge in [0.05, 0.1) is 11.3 Å². The minimum Gasteiger partial charge on any atom is -0.478 e. The molecule has 0 spiro atoms. The Balaban J connectivity index is 2.25. The number of amides is 1. The van der Waals surface area contributed by atoms with Gasteiger partial charge < -0.3 is 16.2 Å². The fraction of sp³-hybridized carbons (Fsp3) is 0.0667. The average molecular weight is 455 g/mol. The van der Waals surface area contributed by atoms with Crippen LogP contribution in [0.1, 0.15) is 15.9 Å². The largest absolute Gasteiger partial charge is 0.478 e. The number of hydrogen-bond acceptors (Lipinski definition) is 5. The molecule has 10 heteroatoms. The Kier molecular flexibility index (Phi) is 4.29. The molecule has 2 aromatic carbocycles. The lowest BCUT2D eigenvalue weighted by molar-refractivity contribution is 0.0697. The van der Waals surface area contributed by atoms with E-state index in [4.69, 9.17) is 5.73 Å². The van der Waals surface area contributed by atoms with Crippen LogP contribution in [0.4, 0.5) is 20.6 Å². The van der Waals surface area contributed by atoms with Gasteiger partial charge in [-0.05, 0) is 59.3 Å². The summed E-state index contributed by atoms with van der Waals surface area (Å²) in [6.07, 6.45) is 0. The van der Waals surface area contributed by atoms with Crippen molar-refractivity contribution in [3.63, 3.8) is 0 Å². The van der Waals surface area contributed by atoms with E-state index in [-0.39, 0.29) is 22.3 Å². The highest BCUT2D eigenvalue weighted by Gasteiger charge is 2.24. The van der Waals surface area contributed by atoms with Crippen molar-refractivity contribution in [1.82, 2.24) is 15.0 Å². The van der Waals surface area contributed by atoms with Crippen LogP contribution < -0.4 is 11.1 Å². The number of aromatic carboxylic acids is 1. The van der Waals surface area contributed by atoms with E-state index < -0.39 is 17.8 Å². The molecule has 4 N–H and O–H groups in total. The zero-order chi connectivity index (χ0) is 18.3. The van der Waals surface area contributed by atoms with Crippen LogP contribution in [0.15, 0.2) is 24.3 Å². The number of carbonyl (C=O) groups is 2. The zero-order valence-corrected chi connectivity index (χ0v) is 14.9. The molecule has 0 aliphatic carbocycles. The van der Waals surface area contributed by atoms with Gasteiger partial charge in [-0.15, -0.1) is 5.10 Å². The maximum atomic E-state index is 15.0. The minimum absolute atomic E-state index is 0.0846.